The van der Waals surface area contributed by atoms with Crippen molar-refractivity contribution in [1.82, 2.24) is 20.3 Å². The van der Waals surface area contributed by atoms with E-state index in [0.717, 1.165) is 16.5 Å². The van der Waals surface area contributed by atoms with Gasteiger partial charge in [0.25, 0.3) is 5.91 Å². The van der Waals surface area contributed by atoms with Crippen LogP contribution < -0.4 is 0 Å². The van der Waals surface area contributed by atoms with Crippen molar-refractivity contribution in [2.45, 2.75) is 6.54 Å². The normalized spacial score (nSPS) is 10.8. The van der Waals surface area contributed by atoms with Crippen LogP contribution in [0.15, 0.2) is 23.7 Å². The van der Waals surface area contributed by atoms with Crippen LogP contribution in [0.2, 0.25) is 0 Å². The van der Waals surface area contributed by atoms with Gasteiger partial charge in [0.15, 0.2) is 5.69 Å². The van der Waals surface area contributed by atoms with E-state index in [9.17, 15) is 9.59 Å². The molecule has 0 fully saturated rings. The van der Waals surface area contributed by atoms with Gasteiger partial charge in [0.05, 0.1) is 12.7 Å². The van der Waals surface area contributed by atoms with E-state index in [2.05, 4.69) is 15.4 Å². The first kappa shape index (κ1) is 13.9. The minimum Gasteiger partial charge on any atom is -0.478 e. The van der Waals surface area contributed by atoms with Crippen LogP contribution in [-0.2, 0) is 11.3 Å². The molecule has 0 aromatic carbocycles. The average molecular weight is 292 g/mol. The molecule has 0 saturated carbocycles. The first-order valence-electron chi connectivity index (χ1n) is 5.66. The zero-order valence-electron chi connectivity index (χ0n) is 10.6. The molecule has 20 heavy (non-hydrogen) atoms. The Balaban J connectivity index is 2.00. The lowest BCUT2D eigenvalue weighted by Gasteiger charge is -2.13. The summed E-state index contributed by atoms with van der Waals surface area (Å²) in [6, 6.07) is 1.84. The topological polar surface area (TPSA) is 99.2 Å². The van der Waals surface area contributed by atoms with Gasteiger partial charge in [-0.25, -0.2) is 4.79 Å². The number of aromatic nitrogens is 3. The summed E-state index contributed by atoms with van der Waals surface area (Å²) in [6.45, 7) is 0.428. The summed E-state index contributed by atoms with van der Waals surface area (Å²) in [5, 5.41) is 20.1. The molecule has 2 aromatic heterocycles. The number of hydrogen-bond acceptors (Lipinski definition) is 5. The maximum absolute atomic E-state index is 11.9. The monoisotopic (exact) mass is 292 g/mol. The van der Waals surface area contributed by atoms with Gasteiger partial charge in [0, 0.05) is 18.0 Å². The summed E-state index contributed by atoms with van der Waals surface area (Å²) >= 11 is 1.46. The number of amides is 1. The molecule has 0 bridgehead atoms. The van der Waals surface area contributed by atoms with Crippen LogP contribution in [0.25, 0.3) is 6.08 Å². The number of nitrogens with zero attached hydrogens (tertiary/aromatic N) is 3. The molecule has 104 valence electrons. The number of aromatic amines is 1. The minimum atomic E-state index is -0.990. The Morgan fingerprint density at radius 3 is 3.00 bits per heavy atom. The maximum atomic E-state index is 11.9. The largest absolute Gasteiger partial charge is 0.478 e. The highest BCUT2D eigenvalue weighted by atomic mass is 32.1. The van der Waals surface area contributed by atoms with Crippen LogP contribution in [0.5, 0.6) is 0 Å². The van der Waals surface area contributed by atoms with Crippen molar-refractivity contribution in [1.29, 1.82) is 0 Å². The first-order valence-corrected chi connectivity index (χ1v) is 6.54. The van der Waals surface area contributed by atoms with Gasteiger partial charge in [0.2, 0.25) is 0 Å². The lowest BCUT2D eigenvalue weighted by atomic mass is 10.2. The third kappa shape index (κ3) is 3.51. The van der Waals surface area contributed by atoms with Gasteiger partial charge >= 0.3 is 5.97 Å². The molecule has 8 heteroatoms. The molecule has 2 aromatic rings. The highest BCUT2D eigenvalue weighted by Crippen LogP contribution is 2.18. The fourth-order valence-corrected chi connectivity index (χ4v) is 2.45. The average Bonchev–Trinajstić information content (AvgIpc) is 3.06. The van der Waals surface area contributed by atoms with Gasteiger partial charge < -0.3 is 10.0 Å². The molecule has 0 spiro atoms. The molecule has 2 rings (SSSR count). The van der Waals surface area contributed by atoms with Crippen molar-refractivity contribution in [2.75, 3.05) is 7.05 Å². The fraction of sp³-hybridized carbons (Fsp3) is 0.167. The molecule has 0 aliphatic heterocycles. The minimum absolute atomic E-state index is 0.227. The van der Waals surface area contributed by atoms with Crippen molar-refractivity contribution < 1.29 is 14.7 Å². The van der Waals surface area contributed by atoms with E-state index in [-0.39, 0.29) is 11.6 Å². The van der Waals surface area contributed by atoms with Crippen molar-refractivity contribution in [3.8, 4) is 0 Å². The number of nitrogens with one attached hydrogen (secondary N) is 1. The van der Waals surface area contributed by atoms with Gasteiger partial charge in [-0.05, 0) is 23.1 Å². The standard InChI is InChI=1S/C12H12N4O3S/c1-16(12(19)10-5-13-15-14-10)6-9-4-8(7-20-9)2-3-11(17)18/h2-5,7H,6H2,1H3,(H,17,18)(H,13,14,15)/b3-2+. The molecule has 0 unspecified atom stereocenters. The molecule has 0 radical (unpaired) electrons. The Labute approximate surface area is 118 Å². The molecular weight excluding hydrogens is 280 g/mol. The molecule has 0 aliphatic carbocycles. The second-order valence-electron chi connectivity index (χ2n) is 4.03. The zero-order valence-corrected chi connectivity index (χ0v) is 11.4. The highest BCUT2D eigenvalue weighted by molar-refractivity contribution is 7.10. The summed E-state index contributed by atoms with van der Waals surface area (Å²) < 4.78 is 0. The van der Waals surface area contributed by atoms with Gasteiger partial charge in [-0.3, -0.25) is 4.79 Å². The Morgan fingerprint density at radius 1 is 1.55 bits per heavy atom. The number of carboxylic acid groups (broad SMARTS) is 1. The lowest BCUT2D eigenvalue weighted by Crippen LogP contribution is -2.26. The first-order chi connectivity index (χ1) is 9.56. The van der Waals surface area contributed by atoms with E-state index < -0.39 is 5.97 Å². The Morgan fingerprint density at radius 2 is 2.35 bits per heavy atom. The SMILES string of the molecule is CN(Cc1cc(/C=C/C(=O)O)cs1)C(=O)c1cn[nH]n1. The van der Waals surface area contributed by atoms with Gasteiger partial charge in [-0.1, -0.05) is 0 Å². The van der Waals surface area contributed by atoms with Crippen LogP contribution in [0.4, 0.5) is 0 Å². The lowest BCUT2D eigenvalue weighted by molar-refractivity contribution is -0.131. The number of carbonyl (C=O) groups excluding carboxylic acids is 1. The van der Waals surface area contributed by atoms with E-state index in [0.29, 0.717) is 6.54 Å². The predicted molar refractivity (Wildman–Crippen MR) is 73.2 cm³/mol. The Bertz CT molecular complexity index is 633. The van der Waals surface area contributed by atoms with Gasteiger partial charge in [-0.15, -0.1) is 11.3 Å². The number of carboxylic acids is 1. The van der Waals surface area contributed by atoms with Crippen LogP contribution in [0.1, 0.15) is 20.9 Å². The predicted octanol–water partition coefficient (Wildman–Crippen LogP) is 1.24. The van der Waals surface area contributed by atoms with E-state index in [1.165, 1.54) is 28.5 Å². The number of rotatable bonds is 5. The van der Waals surface area contributed by atoms with E-state index in [1.807, 2.05) is 11.4 Å². The van der Waals surface area contributed by atoms with Gasteiger partial charge in [0.1, 0.15) is 0 Å². The number of aliphatic carboxylic acids is 1. The second-order valence-corrected chi connectivity index (χ2v) is 5.03. The smallest absolute Gasteiger partial charge is 0.328 e. The number of carbonyl (C=O) groups is 2. The Kier molecular flexibility index (Phi) is 4.26. The zero-order chi connectivity index (χ0) is 14.5. The number of H-pyrrole nitrogens is 1. The van der Waals surface area contributed by atoms with E-state index in [1.54, 1.807) is 7.05 Å². The van der Waals surface area contributed by atoms with Crippen molar-refractivity contribution >= 4 is 29.3 Å². The van der Waals surface area contributed by atoms with Gasteiger partial charge in [-0.2, -0.15) is 15.4 Å². The van der Waals surface area contributed by atoms with E-state index >= 15 is 0 Å². The molecule has 1 amide bonds. The number of hydrogen-bond donors (Lipinski definition) is 2. The van der Waals surface area contributed by atoms with Crippen LogP contribution >= 0.6 is 11.3 Å². The fourth-order valence-electron chi connectivity index (χ4n) is 1.54. The third-order valence-corrected chi connectivity index (χ3v) is 3.41. The van der Waals surface area contributed by atoms with Crippen LogP contribution in [0.3, 0.4) is 0 Å². The molecule has 0 atom stereocenters. The molecule has 0 saturated heterocycles. The molecular formula is C12H12N4O3S. The van der Waals surface area contributed by atoms with Crippen molar-refractivity contribution in [2.24, 2.45) is 0 Å². The summed E-state index contributed by atoms with van der Waals surface area (Å²) in [5.41, 5.74) is 1.06. The van der Waals surface area contributed by atoms with E-state index in [4.69, 9.17) is 5.11 Å². The molecule has 0 aliphatic rings. The van der Waals surface area contributed by atoms with Crippen molar-refractivity contribution in [3.05, 3.63) is 39.9 Å². The Hall–Kier alpha value is -2.48. The third-order valence-electron chi connectivity index (χ3n) is 2.47. The number of thiophene rings is 1. The molecule has 2 N–H and O–H groups in total. The second kappa shape index (κ2) is 6.11. The quantitative estimate of drug-likeness (QED) is 0.808. The summed E-state index contributed by atoms with van der Waals surface area (Å²) in [4.78, 5) is 24.8. The summed E-state index contributed by atoms with van der Waals surface area (Å²) in [5.74, 6) is -1.22. The summed E-state index contributed by atoms with van der Waals surface area (Å²) in [6.07, 6.45) is 3.96. The maximum Gasteiger partial charge on any atom is 0.328 e. The highest BCUT2D eigenvalue weighted by Gasteiger charge is 2.15. The summed E-state index contributed by atoms with van der Waals surface area (Å²) in [7, 11) is 1.67. The van der Waals surface area contributed by atoms with Crippen molar-refractivity contribution in [3.63, 3.8) is 0 Å². The molecule has 2 heterocycles. The molecule has 7 nitrogen and oxygen atoms in total. The van der Waals surface area contributed by atoms with Crippen LogP contribution in [0, 0.1) is 0 Å². The van der Waals surface area contributed by atoms with Crippen LogP contribution in [-0.4, -0.2) is 44.3 Å².